The van der Waals surface area contributed by atoms with Crippen LogP contribution in [0.3, 0.4) is 0 Å². The van der Waals surface area contributed by atoms with E-state index in [1.165, 1.54) is 4.88 Å². The van der Waals surface area contributed by atoms with Gasteiger partial charge in [-0.3, -0.25) is 4.79 Å². The molecule has 2 rings (SSSR count). The normalized spacial score (nSPS) is 10.2. The van der Waals surface area contributed by atoms with Gasteiger partial charge in [-0.05, 0) is 26.0 Å². The molecule has 0 aliphatic carbocycles. The van der Waals surface area contributed by atoms with Crippen molar-refractivity contribution in [2.45, 2.75) is 33.2 Å². The van der Waals surface area contributed by atoms with E-state index >= 15 is 0 Å². The first kappa shape index (κ1) is 14.3. The van der Waals surface area contributed by atoms with Crippen LogP contribution >= 0.6 is 11.3 Å². The molecule has 0 radical (unpaired) electrons. The van der Waals surface area contributed by atoms with Crippen LogP contribution in [-0.4, -0.2) is 15.7 Å². The van der Waals surface area contributed by atoms with E-state index in [1.54, 1.807) is 16.0 Å². The predicted molar refractivity (Wildman–Crippen MR) is 78.6 cm³/mol. The summed E-state index contributed by atoms with van der Waals surface area (Å²) in [6.45, 7) is 4.37. The smallest absolute Gasteiger partial charge is 0.230 e. The van der Waals surface area contributed by atoms with E-state index in [2.05, 4.69) is 16.5 Å². The van der Waals surface area contributed by atoms with E-state index in [0.29, 0.717) is 25.2 Å². The minimum Gasteiger partial charge on any atom is -0.311 e. The Morgan fingerprint density at radius 1 is 1.50 bits per heavy atom. The molecule has 6 heteroatoms. The molecule has 0 aromatic carbocycles. The zero-order valence-electron chi connectivity index (χ0n) is 11.5. The number of carbonyl (C=O) groups excluding carboxylic acids is 1. The summed E-state index contributed by atoms with van der Waals surface area (Å²) in [5.74, 6) is 0.584. The lowest BCUT2D eigenvalue weighted by atomic mass is 10.3. The van der Waals surface area contributed by atoms with E-state index in [4.69, 9.17) is 5.26 Å². The number of hydrogen-bond donors (Lipinski definition) is 1. The van der Waals surface area contributed by atoms with Crippen LogP contribution in [0.5, 0.6) is 0 Å². The van der Waals surface area contributed by atoms with Crippen molar-refractivity contribution in [1.29, 1.82) is 5.26 Å². The van der Waals surface area contributed by atoms with Crippen molar-refractivity contribution in [1.82, 2.24) is 9.78 Å². The number of amides is 1. The van der Waals surface area contributed by atoms with Gasteiger partial charge in [-0.2, -0.15) is 10.4 Å². The molecular formula is C14H16N4OS. The molecule has 0 saturated carbocycles. The molecule has 0 spiro atoms. The number of aryl methyl sites for hydroxylation is 3. The van der Waals surface area contributed by atoms with Crippen molar-refractivity contribution >= 4 is 23.1 Å². The molecule has 0 fully saturated rings. The number of aromatic nitrogens is 2. The Hall–Kier alpha value is -2.13. The van der Waals surface area contributed by atoms with Crippen molar-refractivity contribution in [2.24, 2.45) is 0 Å². The molecule has 0 saturated heterocycles. The van der Waals surface area contributed by atoms with Gasteiger partial charge in [-0.25, -0.2) is 4.68 Å². The summed E-state index contributed by atoms with van der Waals surface area (Å²) in [4.78, 5) is 14.3. The molecule has 0 aliphatic heterocycles. The lowest BCUT2D eigenvalue weighted by Gasteiger charge is -2.06. The molecule has 2 aromatic rings. The molecule has 20 heavy (non-hydrogen) atoms. The summed E-state index contributed by atoms with van der Waals surface area (Å²) in [6, 6.07) is 7.87. The molecule has 0 unspecified atom stereocenters. The predicted octanol–water partition coefficient (Wildman–Crippen LogP) is 2.66. The average Bonchev–Trinajstić information content (AvgIpc) is 2.93. The van der Waals surface area contributed by atoms with E-state index < -0.39 is 0 Å². The fraction of sp³-hybridized carbons (Fsp3) is 0.357. The first-order valence-electron chi connectivity index (χ1n) is 6.35. The molecular weight excluding hydrogens is 272 g/mol. The summed E-state index contributed by atoms with van der Waals surface area (Å²) in [7, 11) is 0. The number of rotatable bonds is 5. The second-order valence-corrected chi connectivity index (χ2v) is 5.91. The lowest BCUT2D eigenvalue weighted by Crippen LogP contribution is -2.17. The van der Waals surface area contributed by atoms with Gasteiger partial charge in [-0.15, -0.1) is 11.3 Å². The van der Waals surface area contributed by atoms with Crippen molar-refractivity contribution < 1.29 is 4.79 Å². The highest BCUT2D eigenvalue weighted by atomic mass is 32.1. The zero-order valence-corrected chi connectivity index (χ0v) is 12.3. The number of thiophene rings is 1. The minimum atomic E-state index is -0.0649. The number of hydrogen-bond acceptors (Lipinski definition) is 4. The summed E-state index contributed by atoms with van der Waals surface area (Å²) >= 11 is 1.62. The van der Waals surface area contributed by atoms with Crippen LogP contribution in [0.4, 0.5) is 5.82 Å². The van der Waals surface area contributed by atoms with Crippen LogP contribution in [0.25, 0.3) is 0 Å². The highest BCUT2D eigenvalue weighted by Gasteiger charge is 2.10. The molecule has 1 amide bonds. The highest BCUT2D eigenvalue weighted by Crippen LogP contribution is 2.17. The Kier molecular flexibility index (Phi) is 4.53. The van der Waals surface area contributed by atoms with Crippen molar-refractivity contribution in [2.75, 3.05) is 5.32 Å². The summed E-state index contributed by atoms with van der Waals surface area (Å²) < 4.78 is 1.66. The van der Waals surface area contributed by atoms with Crippen molar-refractivity contribution in [3.8, 4) is 6.07 Å². The largest absolute Gasteiger partial charge is 0.311 e. The molecule has 0 atom stereocenters. The van der Waals surface area contributed by atoms with E-state index in [-0.39, 0.29) is 5.91 Å². The van der Waals surface area contributed by atoms with E-state index in [1.807, 2.05) is 32.0 Å². The number of nitrogens with one attached hydrogen (secondary N) is 1. The maximum atomic E-state index is 12.0. The van der Waals surface area contributed by atoms with Crippen LogP contribution < -0.4 is 5.32 Å². The van der Waals surface area contributed by atoms with Gasteiger partial charge in [0.2, 0.25) is 5.91 Å². The molecule has 1 N–H and O–H groups in total. The third-order valence-corrected chi connectivity index (χ3v) is 3.74. The Morgan fingerprint density at radius 2 is 2.30 bits per heavy atom. The van der Waals surface area contributed by atoms with Gasteiger partial charge in [0, 0.05) is 15.8 Å². The molecule has 0 bridgehead atoms. The number of nitrogens with zero attached hydrogens (tertiary/aromatic N) is 3. The van der Waals surface area contributed by atoms with Crippen molar-refractivity contribution in [3.05, 3.63) is 33.6 Å². The zero-order chi connectivity index (χ0) is 14.5. The van der Waals surface area contributed by atoms with Gasteiger partial charge >= 0.3 is 0 Å². The fourth-order valence-electron chi connectivity index (χ4n) is 1.90. The number of anilines is 1. The van der Waals surface area contributed by atoms with Gasteiger partial charge < -0.3 is 5.32 Å². The number of nitriles is 1. The van der Waals surface area contributed by atoms with Gasteiger partial charge in [0.1, 0.15) is 5.82 Å². The van der Waals surface area contributed by atoms with Crippen LogP contribution in [0, 0.1) is 25.2 Å². The van der Waals surface area contributed by atoms with Crippen LogP contribution in [-0.2, 0) is 17.8 Å². The monoisotopic (exact) mass is 288 g/mol. The molecule has 2 aromatic heterocycles. The van der Waals surface area contributed by atoms with Crippen LogP contribution in [0.2, 0.25) is 0 Å². The van der Waals surface area contributed by atoms with Crippen LogP contribution in [0.1, 0.15) is 21.9 Å². The first-order chi connectivity index (χ1) is 9.58. The Morgan fingerprint density at radius 3 is 2.95 bits per heavy atom. The van der Waals surface area contributed by atoms with Crippen LogP contribution in [0.15, 0.2) is 18.2 Å². The Bertz CT molecular complexity index is 650. The Labute approximate surface area is 121 Å². The van der Waals surface area contributed by atoms with E-state index in [9.17, 15) is 4.79 Å². The summed E-state index contributed by atoms with van der Waals surface area (Å²) in [5, 5.41) is 15.7. The highest BCUT2D eigenvalue weighted by molar-refractivity contribution is 7.12. The third kappa shape index (κ3) is 3.68. The SMILES string of the molecule is Cc1cc(NC(=O)Cc2ccc(C)s2)n(CCC#N)n1. The summed E-state index contributed by atoms with van der Waals surface area (Å²) in [5.41, 5.74) is 0.824. The van der Waals surface area contributed by atoms with Gasteiger partial charge in [0.25, 0.3) is 0 Å². The average molecular weight is 288 g/mol. The number of carbonyl (C=O) groups is 1. The molecule has 0 aliphatic rings. The van der Waals surface area contributed by atoms with Gasteiger partial charge in [0.15, 0.2) is 0 Å². The third-order valence-electron chi connectivity index (χ3n) is 2.74. The fourth-order valence-corrected chi connectivity index (χ4v) is 2.79. The van der Waals surface area contributed by atoms with Gasteiger partial charge in [0.05, 0.1) is 31.1 Å². The quantitative estimate of drug-likeness (QED) is 0.919. The standard InChI is InChI=1S/C14H16N4OS/c1-10-8-13(18(17-10)7-3-6-15)16-14(19)9-12-5-4-11(2)20-12/h4-5,8H,3,7,9H2,1-2H3,(H,16,19). The van der Waals surface area contributed by atoms with Gasteiger partial charge in [-0.1, -0.05) is 0 Å². The maximum Gasteiger partial charge on any atom is 0.230 e. The molecule has 104 valence electrons. The molecule has 5 nitrogen and oxygen atoms in total. The second kappa shape index (κ2) is 6.35. The first-order valence-corrected chi connectivity index (χ1v) is 7.16. The lowest BCUT2D eigenvalue weighted by molar-refractivity contribution is -0.115. The molecule has 2 heterocycles. The second-order valence-electron chi connectivity index (χ2n) is 4.54. The van der Waals surface area contributed by atoms with E-state index in [0.717, 1.165) is 10.6 Å². The topological polar surface area (TPSA) is 70.7 Å². The maximum absolute atomic E-state index is 12.0. The summed E-state index contributed by atoms with van der Waals surface area (Å²) in [6.07, 6.45) is 0.731. The van der Waals surface area contributed by atoms with Crippen molar-refractivity contribution in [3.63, 3.8) is 0 Å². The Balaban J connectivity index is 2.02. The minimum absolute atomic E-state index is 0.0649.